The minimum Gasteiger partial charge on any atom is -0.392 e. The van der Waals surface area contributed by atoms with Gasteiger partial charge in [0, 0.05) is 5.92 Å². The van der Waals surface area contributed by atoms with Crippen LogP contribution in [0.4, 0.5) is 13.2 Å². The zero-order valence-corrected chi connectivity index (χ0v) is 9.03. The fraction of sp³-hybridized carbons (Fsp3) is 0.778. The zero-order valence-electron chi connectivity index (χ0n) is 9.03. The highest BCUT2D eigenvalue weighted by Crippen LogP contribution is 2.36. The van der Waals surface area contributed by atoms with Gasteiger partial charge in [-0.3, -0.25) is 0 Å². The third kappa shape index (κ3) is 2.89. The topological polar surface area (TPSA) is 18.5 Å². The van der Waals surface area contributed by atoms with Gasteiger partial charge in [-0.25, -0.2) is 0 Å². The first-order valence-corrected chi connectivity index (χ1v) is 4.49. The van der Waals surface area contributed by atoms with E-state index in [1.165, 1.54) is 0 Å². The third-order valence-electron chi connectivity index (χ3n) is 2.59. The van der Waals surface area contributed by atoms with Crippen molar-refractivity contribution in [3.8, 4) is 11.7 Å². The van der Waals surface area contributed by atoms with Crippen LogP contribution in [0.5, 0.6) is 0 Å². The van der Waals surface area contributed by atoms with Gasteiger partial charge in [0.2, 0.25) is 0 Å². The molecule has 0 radical (unpaired) electrons. The van der Waals surface area contributed by atoms with E-state index in [2.05, 4.69) is 0 Å². The Balaban J connectivity index is 2.75. The molecule has 0 saturated carbocycles. The Hall–Kier alpha value is -0.665. The van der Waals surface area contributed by atoms with Crippen LogP contribution < -0.4 is 0 Å². The Morgan fingerprint density at radius 2 is 1.40 bits per heavy atom. The Kier molecular flexibility index (Phi) is 2.83. The van der Waals surface area contributed by atoms with E-state index in [1.807, 2.05) is 5.82 Å². The van der Waals surface area contributed by atoms with Crippen molar-refractivity contribution in [2.75, 3.05) is 0 Å². The average molecular weight is 220 g/mol. The molecular weight excluding hydrogens is 208 g/mol. The van der Waals surface area contributed by atoms with E-state index in [1.54, 1.807) is 27.7 Å². The molecule has 1 aliphatic rings. The highest BCUT2D eigenvalue weighted by atomic mass is 19.4. The molecular formula is C9H12BF3O2. The van der Waals surface area contributed by atoms with Gasteiger partial charge < -0.3 is 9.31 Å². The summed E-state index contributed by atoms with van der Waals surface area (Å²) in [5, 5.41) is 0. The highest BCUT2D eigenvalue weighted by molar-refractivity contribution is 6.55. The Labute approximate surface area is 87.3 Å². The monoisotopic (exact) mass is 220 g/mol. The standard InChI is InChI=1S/C9H12BF3O2/c1-7(2)8(3,4)15-10(14-7)6-5-9(11,12)13/h1-4H3. The molecule has 0 aromatic heterocycles. The lowest BCUT2D eigenvalue weighted by atomic mass is 9.90. The summed E-state index contributed by atoms with van der Waals surface area (Å²) in [6, 6.07) is 0. The van der Waals surface area contributed by atoms with Gasteiger partial charge in [-0.05, 0) is 27.7 Å². The number of rotatable bonds is 0. The average Bonchev–Trinajstić information content (AvgIpc) is 2.16. The van der Waals surface area contributed by atoms with Gasteiger partial charge in [-0.1, -0.05) is 5.82 Å². The van der Waals surface area contributed by atoms with Gasteiger partial charge in [0.1, 0.15) is 0 Å². The Morgan fingerprint density at radius 3 is 1.73 bits per heavy atom. The number of hydrogen-bond donors (Lipinski definition) is 0. The summed E-state index contributed by atoms with van der Waals surface area (Å²) in [5.74, 6) is 3.05. The molecule has 1 aliphatic heterocycles. The maximum atomic E-state index is 11.8. The van der Waals surface area contributed by atoms with Gasteiger partial charge in [-0.15, -0.1) is 0 Å². The summed E-state index contributed by atoms with van der Waals surface area (Å²) < 4.78 is 46.0. The maximum absolute atomic E-state index is 11.8. The molecule has 0 N–H and O–H groups in total. The van der Waals surface area contributed by atoms with Crippen LogP contribution >= 0.6 is 0 Å². The summed E-state index contributed by atoms with van der Waals surface area (Å²) in [5.41, 5.74) is -1.31. The van der Waals surface area contributed by atoms with Gasteiger partial charge >= 0.3 is 13.3 Å². The van der Waals surface area contributed by atoms with Crippen molar-refractivity contribution in [1.29, 1.82) is 0 Å². The van der Waals surface area contributed by atoms with E-state index in [-0.39, 0.29) is 0 Å². The van der Waals surface area contributed by atoms with Crippen molar-refractivity contribution < 1.29 is 22.5 Å². The molecule has 0 amide bonds. The maximum Gasteiger partial charge on any atom is 0.551 e. The van der Waals surface area contributed by atoms with Crippen molar-refractivity contribution in [3.63, 3.8) is 0 Å². The van der Waals surface area contributed by atoms with Gasteiger partial charge in [0.05, 0.1) is 11.2 Å². The predicted molar refractivity (Wildman–Crippen MR) is 49.9 cm³/mol. The SMILES string of the molecule is CC1(C)OB(C#CC(F)(F)F)OC1(C)C. The molecule has 15 heavy (non-hydrogen) atoms. The van der Waals surface area contributed by atoms with Crippen LogP contribution in [-0.2, 0) is 9.31 Å². The normalized spacial score (nSPS) is 23.5. The van der Waals surface area contributed by atoms with E-state index in [4.69, 9.17) is 9.31 Å². The minimum atomic E-state index is -4.51. The van der Waals surface area contributed by atoms with Gasteiger partial charge in [0.15, 0.2) is 0 Å². The molecule has 0 bridgehead atoms. The van der Waals surface area contributed by atoms with E-state index >= 15 is 0 Å². The molecule has 1 saturated heterocycles. The van der Waals surface area contributed by atoms with E-state index in [0.717, 1.165) is 5.92 Å². The minimum absolute atomic E-state index is 0.655. The largest absolute Gasteiger partial charge is 0.551 e. The lowest BCUT2D eigenvalue weighted by molar-refractivity contribution is -0.0696. The van der Waals surface area contributed by atoms with Crippen LogP contribution in [0.1, 0.15) is 27.7 Å². The summed E-state index contributed by atoms with van der Waals surface area (Å²) >= 11 is 0. The molecule has 2 nitrogen and oxygen atoms in total. The predicted octanol–water partition coefficient (Wildman–Crippen LogP) is 2.18. The van der Waals surface area contributed by atoms with Crippen LogP contribution in [0.15, 0.2) is 0 Å². The Bertz CT molecular complexity index is 296. The fourth-order valence-electron chi connectivity index (χ4n) is 1.04. The zero-order chi connectivity index (χ0) is 11.9. The highest BCUT2D eigenvalue weighted by Gasteiger charge is 2.51. The fourth-order valence-corrected chi connectivity index (χ4v) is 1.04. The lowest BCUT2D eigenvalue weighted by Crippen LogP contribution is -2.41. The summed E-state index contributed by atoms with van der Waals surface area (Å²) in [6.45, 7) is 7.01. The van der Waals surface area contributed by atoms with Crippen molar-refractivity contribution in [2.45, 2.75) is 45.1 Å². The van der Waals surface area contributed by atoms with Gasteiger partial charge in [0.25, 0.3) is 0 Å². The summed E-state index contributed by atoms with van der Waals surface area (Å²) in [6.07, 6.45) is -4.51. The van der Waals surface area contributed by atoms with Crippen molar-refractivity contribution in [1.82, 2.24) is 0 Å². The smallest absolute Gasteiger partial charge is 0.392 e. The van der Waals surface area contributed by atoms with Crippen LogP contribution in [-0.4, -0.2) is 24.5 Å². The van der Waals surface area contributed by atoms with Gasteiger partial charge in [-0.2, -0.15) is 13.2 Å². The number of halogens is 3. The molecule has 1 heterocycles. The molecule has 1 rings (SSSR count). The van der Waals surface area contributed by atoms with E-state index in [9.17, 15) is 13.2 Å². The second kappa shape index (κ2) is 3.43. The molecule has 0 unspecified atom stereocenters. The second-order valence-electron chi connectivity index (χ2n) is 4.36. The van der Waals surface area contributed by atoms with Crippen LogP contribution in [0.2, 0.25) is 0 Å². The van der Waals surface area contributed by atoms with Crippen LogP contribution in [0, 0.1) is 11.7 Å². The summed E-state index contributed by atoms with van der Waals surface area (Å²) in [7, 11) is -1.11. The number of alkyl halides is 3. The molecule has 6 heteroatoms. The van der Waals surface area contributed by atoms with Crippen LogP contribution in [0.3, 0.4) is 0 Å². The third-order valence-corrected chi connectivity index (χ3v) is 2.59. The van der Waals surface area contributed by atoms with Crippen molar-refractivity contribution in [3.05, 3.63) is 0 Å². The molecule has 0 spiro atoms. The first kappa shape index (κ1) is 12.4. The first-order valence-electron chi connectivity index (χ1n) is 4.49. The molecule has 84 valence electrons. The molecule has 0 aromatic carbocycles. The second-order valence-corrected chi connectivity index (χ2v) is 4.36. The van der Waals surface area contributed by atoms with Crippen LogP contribution in [0.25, 0.3) is 0 Å². The van der Waals surface area contributed by atoms with E-state index < -0.39 is 24.5 Å². The molecule has 0 aromatic rings. The lowest BCUT2D eigenvalue weighted by Gasteiger charge is -2.32. The molecule has 1 fully saturated rings. The van der Waals surface area contributed by atoms with E-state index in [0.29, 0.717) is 0 Å². The quantitative estimate of drug-likeness (QED) is 0.460. The van der Waals surface area contributed by atoms with Crippen molar-refractivity contribution >= 4 is 7.12 Å². The van der Waals surface area contributed by atoms with Crippen molar-refractivity contribution in [2.24, 2.45) is 0 Å². The summed E-state index contributed by atoms with van der Waals surface area (Å²) in [4.78, 5) is 0. The number of hydrogen-bond acceptors (Lipinski definition) is 2. The molecule has 0 aliphatic carbocycles. The Morgan fingerprint density at radius 1 is 1.00 bits per heavy atom. The first-order chi connectivity index (χ1) is 6.54. The molecule has 0 atom stereocenters.